The van der Waals surface area contributed by atoms with Crippen molar-refractivity contribution in [2.24, 2.45) is 0 Å². The van der Waals surface area contributed by atoms with Gasteiger partial charge in [0.25, 0.3) is 0 Å². The van der Waals surface area contributed by atoms with Crippen molar-refractivity contribution in [1.29, 1.82) is 0 Å². The van der Waals surface area contributed by atoms with Gasteiger partial charge in [-0.3, -0.25) is 10.4 Å². The van der Waals surface area contributed by atoms with Crippen LogP contribution in [0, 0.1) is 0 Å². The Morgan fingerprint density at radius 2 is 0.846 bits per heavy atom. The number of hydrogen-bond donors (Lipinski definition) is 2. The summed E-state index contributed by atoms with van der Waals surface area (Å²) in [5.41, 5.74) is 3.06. The Kier molecular flexibility index (Phi) is 13.1. The Morgan fingerprint density at radius 3 is 1.13 bits per heavy atom. The van der Waals surface area contributed by atoms with Crippen molar-refractivity contribution in [3.63, 3.8) is 0 Å². The first-order valence-corrected chi connectivity index (χ1v) is 18.7. The summed E-state index contributed by atoms with van der Waals surface area (Å²) in [6, 6.07) is 31.2. The normalized spacial score (nSPS) is 10.8. The summed E-state index contributed by atoms with van der Waals surface area (Å²) in [5.74, 6) is 1.12. The van der Waals surface area contributed by atoms with Gasteiger partial charge in [-0.2, -0.15) is 0 Å². The average molecular weight is 647 g/mol. The molecule has 4 aromatic rings. The second-order valence-electron chi connectivity index (χ2n) is 10.5. The Morgan fingerprint density at radius 1 is 0.538 bits per heavy atom. The van der Waals surface area contributed by atoms with E-state index >= 15 is 0 Å². The first-order chi connectivity index (χ1) is 18.4. The number of halogens is 2. The van der Waals surface area contributed by atoms with Crippen molar-refractivity contribution < 1.29 is 31.3 Å². The summed E-state index contributed by atoms with van der Waals surface area (Å²) in [7, 11) is 9.87. The van der Waals surface area contributed by atoms with Crippen LogP contribution in [0.25, 0.3) is 22.5 Å². The van der Waals surface area contributed by atoms with Gasteiger partial charge in [-0.1, -0.05) is 72.8 Å². The zero-order valence-electron chi connectivity index (χ0n) is 23.2. The van der Waals surface area contributed by atoms with E-state index in [1.807, 2.05) is 126 Å². The van der Waals surface area contributed by atoms with Gasteiger partial charge in [0.2, 0.25) is 0 Å². The van der Waals surface area contributed by atoms with E-state index in [0.29, 0.717) is 11.6 Å². The topological polar surface area (TPSA) is 72.7 Å². The molecule has 2 N–H and O–H groups in total. The second kappa shape index (κ2) is 15.5. The Bertz CT molecular complexity index is 1170. The molecule has 0 radical (unpaired) electrons. The molecule has 6 nitrogen and oxygen atoms in total. The minimum atomic E-state index is -0.826. The predicted octanol–water partition coefficient (Wildman–Crippen LogP) is 8.86. The molecule has 0 amide bonds. The summed E-state index contributed by atoms with van der Waals surface area (Å²) in [6.07, 6.45) is 0. The first kappa shape index (κ1) is 32.9. The molecule has 0 bridgehead atoms. The predicted molar refractivity (Wildman–Crippen MR) is 159 cm³/mol. The molecule has 0 aliphatic carbocycles. The third kappa shape index (κ3) is 10.7. The molecule has 0 saturated heterocycles. The standard InChI is InChI=1S/2C15H18N2O.2ClH.Zr/c2*1-15(2,3)17(18)14-11-7-10-13(16-14)12-8-5-4-6-9-12;;;/h2*4-11,18H,1-3H3;2*1H;/q;;;;+2/p-2. The van der Waals surface area contributed by atoms with Crippen molar-refractivity contribution in [2.75, 3.05) is 10.1 Å². The van der Waals surface area contributed by atoms with E-state index in [0.717, 1.165) is 22.5 Å². The molecule has 206 valence electrons. The van der Waals surface area contributed by atoms with Gasteiger partial charge < -0.3 is 0 Å². The maximum atomic E-state index is 10.1. The van der Waals surface area contributed by atoms with Gasteiger partial charge in [0.05, 0.1) is 22.5 Å². The van der Waals surface area contributed by atoms with Gasteiger partial charge in [-0.25, -0.2) is 20.1 Å². The number of nitrogens with zero attached hydrogens (tertiary/aromatic N) is 4. The Labute approximate surface area is 250 Å². The Hall–Kier alpha value is -2.28. The molecule has 0 fully saturated rings. The zero-order valence-corrected chi connectivity index (χ0v) is 27.1. The second-order valence-corrected chi connectivity index (χ2v) is 14.3. The van der Waals surface area contributed by atoms with E-state index in [1.165, 1.54) is 10.1 Å². The van der Waals surface area contributed by atoms with E-state index < -0.39 is 20.8 Å². The van der Waals surface area contributed by atoms with Crippen LogP contribution in [0.3, 0.4) is 0 Å². The van der Waals surface area contributed by atoms with Crippen LogP contribution < -0.4 is 10.1 Å². The van der Waals surface area contributed by atoms with Crippen molar-refractivity contribution in [3.05, 3.63) is 97.1 Å². The number of rotatable bonds is 4. The van der Waals surface area contributed by atoms with Crippen LogP contribution in [0.4, 0.5) is 11.6 Å². The molecule has 0 spiro atoms. The monoisotopic (exact) mass is 644 g/mol. The minimum absolute atomic E-state index is 0.373. The fraction of sp³-hybridized carbons (Fsp3) is 0.267. The molecule has 0 aliphatic rings. The third-order valence-electron chi connectivity index (χ3n) is 5.31. The summed E-state index contributed by atoms with van der Waals surface area (Å²) in [6.45, 7) is 11.6. The van der Waals surface area contributed by atoms with Gasteiger partial charge in [0.15, 0.2) is 11.6 Å². The molecule has 2 aromatic heterocycles. The average Bonchev–Trinajstić information content (AvgIpc) is 2.93. The fourth-order valence-corrected chi connectivity index (χ4v) is 3.31. The number of anilines is 2. The van der Waals surface area contributed by atoms with Crippen LogP contribution in [0.5, 0.6) is 0 Å². The quantitative estimate of drug-likeness (QED) is 0.216. The van der Waals surface area contributed by atoms with Crippen molar-refractivity contribution >= 4 is 28.7 Å². The van der Waals surface area contributed by atoms with E-state index in [-0.39, 0.29) is 11.1 Å². The molecule has 0 saturated carbocycles. The Balaban J connectivity index is 0.000000249. The van der Waals surface area contributed by atoms with Crippen molar-refractivity contribution in [3.8, 4) is 22.5 Å². The molecule has 2 aromatic carbocycles. The molecule has 4 rings (SSSR count). The van der Waals surface area contributed by atoms with Gasteiger partial charge in [-0.05, 0) is 65.8 Å². The van der Waals surface area contributed by atoms with E-state index in [4.69, 9.17) is 17.0 Å². The van der Waals surface area contributed by atoms with Gasteiger partial charge in [-0.15, -0.1) is 0 Å². The molecular formula is C30H36Cl2N4O2Zr. The van der Waals surface area contributed by atoms with E-state index in [9.17, 15) is 10.4 Å². The number of hydrogen-bond acceptors (Lipinski definition) is 6. The zero-order chi connectivity index (χ0) is 29.1. The summed E-state index contributed by atoms with van der Waals surface area (Å²) in [4.78, 5) is 8.97. The molecule has 0 unspecified atom stereocenters. The fourth-order valence-electron chi connectivity index (χ4n) is 3.31. The van der Waals surface area contributed by atoms with Crippen LogP contribution in [-0.4, -0.2) is 31.5 Å². The van der Waals surface area contributed by atoms with E-state index in [2.05, 4.69) is 9.97 Å². The number of hydroxylamine groups is 2. The first-order valence-electron chi connectivity index (χ1n) is 12.4. The summed E-state index contributed by atoms with van der Waals surface area (Å²) >= 11 is -0.826. The van der Waals surface area contributed by atoms with Gasteiger partial charge in [0, 0.05) is 11.1 Å². The molecule has 2 heterocycles. The number of benzene rings is 2. The molecule has 9 heteroatoms. The van der Waals surface area contributed by atoms with Crippen LogP contribution in [0.1, 0.15) is 41.5 Å². The van der Waals surface area contributed by atoms with Gasteiger partial charge >= 0.3 is 37.9 Å². The molecular weight excluding hydrogens is 610 g/mol. The number of aromatic nitrogens is 2. The van der Waals surface area contributed by atoms with Crippen molar-refractivity contribution in [1.82, 2.24) is 9.97 Å². The third-order valence-corrected chi connectivity index (χ3v) is 5.31. The van der Waals surface area contributed by atoms with Crippen LogP contribution in [0.15, 0.2) is 97.1 Å². The summed E-state index contributed by atoms with van der Waals surface area (Å²) < 4.78 is 0. The van der Waals surface area contributed by atoms with Gasteiger partial charge in [0.1, 0.15) is 0 Å². The molecule has 39 heavy (non-hydrogen) atoms. The SMILES string of the molecule is CC(C)(C)N(O)c1cccc(-c2ccccc2)n1.CC(C)(C)N(O)c1cccc(-c2ccccc2)n1.[Cl][Zr][Cl]. The maximum absolute atomic E-state index is 10.1. The summed E-state index contributed by atoms with van der Waals surface area (Å²) in [5, 5.41) is 22.6. The van der Waals surface area contributed by atoms with Crippen LogP contribution in [0.2, 0.25) is 0 Å². The van der Waals surface area contributed by atoms with E-state index in [1.54, 1.807) is 12.1 Å². The molecule has 0 atom stereocenters. The van der Waals surface area contributed by atoms with Crippen LogP contribution >= 0.6 is 17.0 Å². The number of pyridine rings is 2. The molecule has 0 aliphatic heterocycles. The van der Waals surface area contributed by atoms with Crippen molar-refractivity contribution in [2.45, 2.75) is 52.6 Å². The van der Waals surface area contributed by atoms with Crippen LogP contribution in [-0.2, 0) is 20.8 Å².